The molecule has 0 spiro atoms. The smallest absolute Gasteiger partial charge is 0.183 e. The van der Waals surface area contributed by atoms with E-state index in [1.165, 1.54) is 0 Å². The molecule has 5 rings (SSSR count). The van der Waals surface area contributed by atoms with Gasteiger partial charge in [-0.1, -0.05) is 44.2 Å². The molecule has 7 heteroatoms. The predicted octanol–water partition coefficient (Wildman–Crippen LogP) is 3.91. The Labute approximate surface area is 181 Å². The summed E-state index contributed by atoms with van der Waals surface area (Å²) in [6, 6.07) is 16.8. The van der Waals surface area contributed by atoms with Crippen LogP contribution in [0.3, 0.4) is 0 Å². The molecule has 1 atom stereocenters. The maximum atomic E-state index is 4.87. The van der Waals surface area contributed by atoms with Crippen LogP contribution in [0.15, 0.2) is 54.7 Å². The molecule has 1 saturated heterocycles. The molecule has 2 N–H and O–H groups in total. The maximum absolute atomic E-state index is 4.87. The Morgan fingerprint density at radius 2 is 1.97 bits per heavy atom. The Kier molecular flexibility index (Phi) is 5.34. The molecule has 3 heterocycles. The second kappa shape index (κ2) is 8.43. The van der Waals surface area contributed by atoms with Crippen LogP contribution >= 0.6 is 0 Å². The molecule has 4 aromatic rings. The number of hydrogen-bond acceptors (Lipinski definition) is 6. The molecule has 2 aromatic carbocycles. The van der Waals surface area contributed by atoms with E-state index in [1.54, 1.807) is 6.20 Å². The topological polar surface area (TPSA) is 82.6 Å². The van der Waals surface area contributed by atoms with Crippen molar-refractivity contribution in [3.8, 4) is 22.6 Å². The van der Waals surface area contributed by atoms with E-state index in [4.69, 9.17) is 4.98 Å². The molecule has 1 unspecified atom stereocenters. The van der Waals surface area contributed by atoms with Crippen molar-refractivity contribution in [1.82, 2.24) is 30.7 Å². The lowest BCUT2D eigenvalue weighted by molar-refractivity contribution is 0.387. The summed E-state index contributed by atoms with van der Waals surface area (Å²) >= 11 is 0. The minimum Gasteiger partial charge on any atom is -0.352 e. The number of hydrogen-bond donors (Lipinski definition) is 2. The van der Waals surface area contributed by atoms with Gasteiger partial charge in [-0.3, -0.25) is 5.10 Å². The van der Waals surface area contributed by atoms with Crippen molar-refractivity contribution in [3.63, 3.8) is 0 Å². The number of fused-ring (bicyclic) bond motifs is 1. The van der Waals surface area contributed by atoms with Gasteiger partial charge in [-0.25, -0.2) is 4.98 Å². The summed E-state index contributed by atoms with van der Waals surface area (Å²) in [6.07, 6.45) is 2.92. The van der Waals surface area contributed by atoms with Crippen LogP contribution in [0.5, 0.6) is 0 Å². The van der Waals surface area contributed by atoms with Crippen LogP contribution in [0.2, 0.25) is 0 Å². The number of anilines is 1. The quantitative estimate of drug-likeness (QED) is 0.516. The van der Waals surface area contributed by atoms with E-state index in [2.05, 4.69) is 62.7 Å². The highest BCUT2D eigenvalue weighted by atomic mass is 15.3. The van der Waals surface area contributed by atoms with Gasteiger partial charge in [0.2, 0.25) is 0 Å². The molecule has 7 nitrogen and oxygen atoms in total. The van der Waals surface area contributed by atoms with Crippen LogP contribution in [0.25, 0.3) is 33.5 Å². The highest BCUT2D eigenvalue weighted by Gasteiger charge is 2.22. The molecule has 0 radical (unpaired) electrons. The van der Waals surface area contributed by atoms with Crippen LogP contribution in [-0.2, 0) is 0 Å². The van der Waals surface area contributed by atoms with E-state index in [1.807, 2.05) is 30.3 Å². The summed E-state index contributed by atoms with van der Waals surface area (Å²) in [4.78, 5) is 7.18. The first-order valence-electron chi connectivity index (χ1n) is 10.9. The monoisotopic (exact) mass is 413 g/mol. The minimum absolute atomic E-state index is 0.475. The fourth-order valence-corrected chi connectivity index (χ4v) is 4.30. The molecule has 31 heavy (non-hydrogen) atoms. The third kappa shape index (κ3) is 4.14. The maximum Gasteiger partial charge on any atom is 0.183 e. The zero-order valence-corrected chi connectivity index (χ0v) is 17.9. The Balaban J connectivity index is 1.46. The molecule has 1 aliphatic rings. The number of H-pyrrole nitrogens is 1. The van der Waals surface area contributed by atoms with Crippen LogP contribution in [0.4, 0.5) is 5.82 Å². The van der Waals surface area contributed by atoms with Gasteiger partial charge in [-0.05, 0) is 30.5 Å². The first kappa shape index (κ1) is 19.6. The molecule has 0 bridgehead atoms. The van der Waals surface area contributed by atoms with Crippen molar-refractivity contribution in [2.75, 3.05) is 24.5 Å². The molecular formula is C24H27N7. The van der Waals surface area contributed by atoms with Crippen molar-refractivity contribution in [2.45, 2.75) is 26.3 Å². The average Bonchev–Trinajstić information content (AvgIpc) is 3.23. The average molecular weight is 414 g/mol. The van der Waals surface area contributed by atoms with Crippen molar-refractivity contribution in [2.24, 2.45) is 5.92 Å². The van der Waals surface area contributed by atoms with Gasteiger partial charge in [0.05, 0.1) is 17.4 Å². The summed E-state index contributed by atoms with van der Waals surface area (Å²) in [7, 11) is 0. The van der Waals surface area contributed by atoms with E-state index in [-0.39, 0.29) is 0 Å². The third-order valence-corrected chi connectivity index (χ3v) is 5.75. The summed E-state index contributed by atoms with van der Waals surface area (Å²) in [5, 5.41) is 20.9. The van der Waals surface area contributed by atoms with E-state index < -0.39 is 0 Å². The molecular weight excluding hydrogens is 386 g/mol. The van der Waals surface area contributed by atoms with Crippen LogP contribution < -0.4 is 10.2 Å². The van der Waals surface area contributed by atoms with Crippen molar-refractivity contribution in [3.05, 3.63) is 54.7 Å². The Morgan fingerprint density at radius 3 is 2.81 bits per heavy atom. The Morgan fingerprint density at radius 1 is 1.10 bits per heavy atom. The van der Waals surface area contributed by atoms with Crippen molar-refractivity contribution in [1.29, 1.82) is 0 Å². The SMILES string of the molecule is CC(C)CC1CN(c2cnnc(-c3ccc4[nH]nc(-c5ccccc5)c4c3)n2)CCN1. The standard InChI is InChI=1S/C24H27N7/c1-16(2)12-19-15-31(11-10-25-19)22-14-26-30-24(27-22)18-8-9-21-20(13-18)23(29-28-21)17-6-4-3-5-7-17/h3-9,13-14,16,19,25H,10-12,15H2,1-2H3,(H,28,29). The number of benzene rings is 2. The number of nitrogens with zero attached hydrogens (tertiary/aromatic N) is 5. The van der Waals surface area contributed by atoms with E-state index in [9.17, 15) is 0 Å². The van der Waals surface area contributed by atoms with Crippen LogP contribution in [0, 0.1) is 5.92 Å². The molecule has 0 aliphatic carbocycles. The highest BCUT2D eigenvalue weighted by Crippen LogP contribution is 2.29. The van der Waals surface area contributed by atoms with Gasteiger partial charge in [0.15, 0.2) is 11.6 Å². The van der Waals surface area contributed by atoms with Gasteiger partial charge >= 0.3 is 0 Å². The zero-order valence-electron chi connectivity index (χ0n) is 17.9. The zero-order chi connectivity index (χ0) is 21.2. The van der Waals surface area contributed by atoms with E-state index >= 15 is 0 Å². The number of aromatic amines is 1. The summed E-state index contributed by atoms with van der Waals surface area (Å²) < 4.78 is 0. The second-order valence-corrected chi connectivity index (χ2v) is 8.56. The highest BCUT2D eigenvalue weighted by molar-refractivity contribution is 5.95. The molecule has 0 amide bonds. The third-order valence-electron chi connectivity index (χ3n) is 5.75. The van der Waals surface area contributed by atoms with Crippen molar-refractivity contribution < 1.29 is 0 Å². The van der Waals surface area contributed by atoms with Gasteiger partial charge in [0.25, 0.3) is 0 Å². The predicted molar refractivity (Wildman–Crippen MR) is 124 cm³/mol. The molecule has 2 aromatic heterocycles. The van der Waals surface area contributed by atoms with Crippen LogP contribution in [-0.4, -0.2) is 51.1 Å². The van der Waals surface area contributed by atoms with E-state index in [0.29, 0.717) is 17.8 Å². The summed E-state index contributed by atoms with van der Waals surface area (Å²) in [6.45, 7) is 7.35. The fourth-order valence-electron chi connectivity index (χ4n) is 4.30. The lowest BCUT2D eigenvalue weighted by atomic mass is 10.0. The molecule has 158 valence electrons. The van der Waals surface area contributed by atoms with E-state index in [0.717, 1.165) is 59.6 Å². The Bertz CT molecular complexity index is 1170. The normalized spacial score (nSPS) is 16.9. The van der Waals surface area contributed by atoms with Gasteiger partial charge in [-0.15, -0.1) is 5.10 Å². The molecule has 1 aliphatic heterocycles. The number of rotatable bonds is 5. The van der Waals surface area contributed by atoms with Gasteiger partial charge < -0.3 is 10.2 Å². The first-order chi connectivity index (χ1) is 15.2. The number of nitrogens with one attached hydrogen (secondary N) is 2. The van der Waals surface area contributed by atoms with Gasteiger partial charge in [0, 0.05) is 42.2 Å². The lowest BCUT2D eigenvalue weighted by Crippen LogP contribution is -2.51. The van der Waals surface area contributed by atoms with Gasteiger partial charge in [-0.2, -0.15) is 10.2 Å². The lowest BCUT2D eigenvalue weighted by Gasteiger charge is -2.35. The first-order valence-corrected chi connectivity index (χ1v) is 10.9. The summed E-state index contributed by atoms with van der Waals surface area (Å²) in [5.41, 5.74) is 3.94. The van der Waals surface area contributed by atoms with Crippen LogP contribution in [0.1, 0.15) is 20.3 Å². The summed E-state index contributed by atoms with van der Waals surface area (Å²) in [5.74, 6) is 2.19. The Hall–Kier alpha value is -3.32. The largest absolute Gasteiger partial charge is 0.352 e. The number of aromatic nitrogens is 5. The fraction of sp³-hybridized carbons (Fsp3) is 0.333. The number of piperazine rings is 1. The second-order valence-electron chi connectivity index (χ2n) is 8.56. The molecule has 1 fully saturated rings. The molecule has 0 saturated carbocycles. The van der Waals surface area contributed by atoms with Gasteiger partial charge in [0.1, 0.15) is 0 Å². The minimum atomic E-state index is 0.475. The van der Waals surface area contributed by atoms with Crippen molar-refractivity contribution >= 4 is 16.7 Å².